The number of hydrogen-bond acceptors (Lipinski definition) is 2. The standard InChI is InChI=1S/C13H18F2N2/c1-17(2)12-8-11(15)10(14)7-9(12)13(16)5-3-4-6-13/h7-8H,3-6,16H2,1-2H3. The molecule has 1 fully saturated rings. The van der Waals surface area contributed by atoms with E-state index < -0.39 is 17.2 Å². The Labute approximate surface area is 100 Å². The van der Waals surface area contributed by atoms with E-state index in [0.29, 0.717) is 5.69 Å². The fraction of sp³-hybridized carbons (Fsp3) is 0.538. The van der Waals surface area contributed by atoms with Gasteiger partial charge in [-0.15, -0.1) is 0 Å². The summed E-state index contributed by atoms with van der Waals surface area (Å²) in [7, 11) is 3.63. The zero-order valence-corrected chi connectivity index (χ0v) is 10.3. The van der Waals surface area contributed by atoms with Gasteiger partial charge in [-0.1, -0.05) is 12.8 Å². The molecule has 1 aliphatic rings. The maximum Gasteiger partial charge on any atom is 0.160 e. The monoisotopic (exact) mass is 240 g/mol. The summed E-state index contributed by atoms with van der Waals surface area (Å²) < 4.78 is 26.7. The highest BCUT2D eigenvalue weighted by Gasteiger charge is 2.34. The van der Waals surface area contributed by atoms with Crippen LogP contribution >= 0.6 is 0 Å². The molecule has 0 aliphatic heterocycles. The summed E-state index contributed by atoms with van der Waals surface area (Å²) in [5, 5.41) is 0. The van der Waals surface area contributed by atoms with Crippen LogP contribution in [-0.2, 0) is 5.54 Å². The summed E-state index contributed by atoms with van der Waals surface area (Å²) in [6.45, 7) is 0. The van der Waals surface area contributed by atoms with Gasteiger partial charge in [0.1, 0.15) is 0 Å². The third kappa shape index (κ3) is 2.14. The van der Waals surface area contributed by atoms with E-state index in [1.54, 1.807) is 4.90 Å². The number of hydrogen-bond donors (Lipinski definition) is 1. The van der Waals surface area contributed by atoms with Crippen molar-refractivity contribution in [2.75, 3.05) is 19.0 Å². The van der Waals surface area contributed by atoms with Crippen LogP contribution in [0.2, 0.25) is 0 Å². The molecule has 2 N–H and O–H groups in total. The first-order valence-corrected chi connectivity index (χ1v) is 5.90. The lowest BCUT2D eigenvalue weighted by molar-refractivity contribution is 0.450. The van der Waals surface area contributed by atoms with Crippen molar-refractivity contribution in [3.05, 3.63) is 29.3 Å². The zero-order valence-electron chi connectivity index (χ0n) is 10.3. The molecule has 0 amide bonds. The van der Waals surface area contributed by atoms with Gasteiger partial charge in [0.25, 0.3) is 0 Å². The lowest BCUT2D eigenvalue weighted by Gasteiger charge is -2.29. The first-order chi connectivity index (χ1) is 7.94. The predicted molar refractivity (Wildman–Crippen MR) is 65.0 cm³/mol. The fourth-order valence-corrected chi connectivity index (χ4v) is 2.58. The summed E-state index contributed by atoms with van der Waals surface area (Å²) in [6, 6.07) is 2.49. The van der Waals surface area contributed by atoms with Crippen LogP contribution in [0.4, 0.5) is 14.5 Å². The van der Waals surface area contributed by atoms with Crippen molar-refractivity contribution in [2.45, 2.75) is 31.2 Å². The molecular formula is C13H18F2N2. The molecule has 0 heterocycles. The number of anilines is 1. The lowest BCUT2D eigenvalue weighted by atomic mass is 9.87. The first-order valence-electron chi connectivity index (χ1n) is 5.90. The van der Waals surface area contributed by atoms with E-state index >= 15 is 0 Å². The van der Waals surface area contributed by atoms with E-state index in [1.807, 2.05) is 14.1 Å². The summed E-state index contributed by atoms with van der Waals surface area (Å²) in [4.78, 5) is 1.78. The second kappa shape index (κ2) is 4.26. The van der Waals surface area contributed by atoms with Gasteiger partial charge >= 0.3 is 0 Å². The van der Waals surface area contributed by atoms with E-state index in [2.05, 4.69) is 0 Å². The van der Waals surface area contributed by atoms with Gasteiger partial charge in [-0.05, 0) is 24.5 Å². The summed E-state index contributed by atoms with van der Waals surface area (Å²) in [5.41, 5.74) is 7.21. The number of nitrogens with two attached hydrogens (primary N) is 1. The molecule has 4 heteroatoms. The van der Waals surface area contributed by atoms with Gasteiger partial charge in [-0.3, -0.25) is 0 Å². The number of rotatable bonds is 2. The van der Waals surface area contributed by atoms with E-state index in [1.165, 1.54) is 12.1 Å². The maximum absolute atomic E-state index is 13.4. The minimum Gasteiger partial charge on any atom is -0.377 e. The molecule has 2 nitrogen and oxygen atoms in total. The van der Waals surface area contributed by atoms with Gasteiger partial charge in [-0.2, -0.15) is 0 Å². The summed E-state index contributed by atoms with van der Waals surface area (Å²) >= 11 is 0. The Hall–Kier alpha value is -1.16. The van der Waals surface area contributed by atoms with Crippen LogP contribution in [-0.4, -0.2) is 14.1 Å². The molecular weight excluding hydrogens is 222 g/mol. The molecule has 94 valence electrons. The molecule has 1 saturated carbocycles. The zero-order chi connectivity index (χ0) is 12.6. The van der Waals surface area contributed by atoms with Gasteiger partial charge < -0.3 is 10.6 Å². The SMILES string of the molecule is CN(C)c1cc(F)c(F)cc1C1(N)CCCC1. The molecule has 0 aromatic heterocycles. The van der Waals surface area contributed by atoms with Gasteiger partial charge in [0.2, 0.25) is 0 Å². The highest BCUT2D eigenvalue weighted by atomic mass is 19.2. The van der Waals surface area contributed by atoms with Crippen molar-refractivity contribution in [2.24, 2.45) is 5.73 Å². The third-order valence-corrected chi connectivity index (χ3v) is 3.55. The minimum atomic E-state index is -0.820. The van der Waals surface area contributed by atoms with Gasteiger partial charge in [-0.25, -0.2) is 8.78 Å². The molecule has 0 unspecified atom stereocenters. The van der Waals surface area contributed by atoms with Crippen molar-refractivity contribution in [3.63, 3.8) is 0 Å². The van der Waals surface area contributed by atoms with Crippen molar-refractivity contribution in [1.29, 1.82) is 0 Å². The van der Waals surface area contributed by atoms with Crippen LogP contribution in [0.5, 0.6) is 0 Å². The first kappa shape index (κ1) is 12.3. The lowest BCUT2D eigenvalue weighted by Crippen LogP contribution is -2.35. The molecule has 1 aromatic carbocycles. The summed E-state index contributed by atoms with van der Waals surface area (Å²) in [6.07, 6.45) is 3.75. The van der Waals surface area contributed by atoms with Crippen LogP contribution in [0, 0.1) is 11.6 Å². The highest BCUT2D eigenvalue weighted by molar-refractivity contribution is 5.56. The molecule has 0 atom stereocenters. The second-order valence-corrected chi connectivity index (χ2v) is 5.04. The van der Waals surface area contributed by atoms with Crippen LogP contribution in [0.3, 0.4) is 0 Å². The maximum atomic E-state index is 13.4. The van der Waals surface area contributed by atoms with E-state index in [0.717, 1.165) is 31.2 Å². The highest BCUT2D eigenvalue weighted by Crippen LogP contribution is 2.41. The predicted octanol–water partition coefficient (Wildman–Crippen LogP) is 2.76. The Morgan fingerprint density at radius 1 is 1.12 bits per heavy atom. The number of nitrogens with zero attached hydrogens (tertiary/aromatic N) is 1. The van der Waals surface area contributed by atoms with Crippen LogP contribution in [0.1, 0.15) is 31.2 Å². The number of benzene rings is 1. The molecule has 2 rings (SSSR count). The van der Waals surface area contributed by atoms with E-state index in [-0.39, 0.29) is 0 Å². The van der Waals surface area contributed by atoms with Gasteiger partial charge in [0.15, 0.2) is 11.6 Å². The Kier molecular flexibility index (Phi) is 3.08. The quantitative estimate of drug-likeness (QED) is 0.861. The normalized spacial score (nSPS) is 18.4. The van der Waals surface area contributed by atoms with Crippen molar-refractivity contribution >= 4 is 5.69 Å². The Morgan fingerprint density at radius 3 is 2.18 bits per heavy atom. The molecule has 0 bridgehead atoms. The minimum absolute atomic E-state index is 0.506. The molecule has 0 radical (unpaired) electrons. The van der Waals surface area contributed by atoms with E-state index in [9.17, 15) is 8.78 Å². The van der Waals surface area contributed by atoms with Crippen molar-refractivity contribution in [1.82, 2.24) is 0 Å². The average molecular weight is 240 g/mol. The van der Waals surface area contributed by atoms with Gasteiger partial charge in [0, 0.05) is 31.4 Å². The van der Waals surface area contributed by atoms with E-state index in [4.69, 9.17) is 5.73 Å². The second-order valence-electron chi connectivity index (χ2n) is 5.04. The third-order valence-electron chi connectivity index (χ3n) is 3.55. The molecule has 0 spiro atoms. The molecule has 1 aliphatic carbocycles. The molecule has 0 saturated heterocycles. The Balaban J connectivity index is 2.54. The Morgan fingerprint density at radius 2 is 1.65 bits per heavy atom. The smallest absolute Gasteiger partial charge is 0.160 e. The molecule has 1 aromatic rings. The van der Waals surface area contributed by atoms with Crippen molar-refractivity contribution < 1.29 is 8.78 Å². The average Bonchev–Trinajstić information content (AvgIpc) is 2.69. The number of halogens is 2. The fourth-order valence-electron chi connectivity index (χ4n) is 2.58. The van der Waals surface area contributed by atoms with Crippen molar-refractivity contribution in [3.8, 4) is 0 Å². The van der Waals surface area contributed by atoms with Crippen LogP contribution < -0.4 is 10.6 Å². The summed E-state index contributed by atoms with van der Waals surface area (Å²) in [5.74, 6) is -1.64. The largest absolute Gasteiger partial charge is 0.377 e. The van der Waals surface area contributed by atoms with Gasteiger partial charge in [0.05, 0.1) is 0 Å². The molecule has 17 heavy (non-hydrogen) atoms. The Bertz CT molecular complexity index is 424. The topological polar surface area (TPSA) is 29.3 Å². The van der Waals surface area contributed by atoms with Crippen LogP contribution in [0.25, 0.3) is 0 Å². The van der Waals surface area contributed by atoms with Crippen LogP contribution in [0.15, 0.2) is 12.1 Å².